The molecule has 0 aliphatic rings. The molecule has 0 aromatic rings. The van der Waals surface area contributed by atoms with Crippen LogP contribution in [0.5, 0.6) is 0 Å². The Labute approximate surface area is 93.9 Å². The molecule has 0 N–H and O–H groups in total. The molecule has 78 valence electrons. The molecule has 0 unspecified atom stereocenters. The molecule has 0 fully saturated rings. The first-order valence-corrected chi connectivity index (χ1v) is 9.36. The van der Waals surface area contributed by atoms with Gasteiger partial charge in [0.1, 0.15) is 5.78 Å². The number of hydrogen-bond donors (Lipinski definition) is 0. The first kappa shape index (κ1) is 15.9. The van der Waals surface area contributed by atoms with E-state index in [4.69, 9.17) is 0 Å². The summed E-state index contributed by atoms with van der Waals surface area (Å²) < 4.78 is 3.25. The van der Waals surface area contributed by atoms with Gasteiger partial charge in [0.15, 0.2) is 0 Å². The zero-order valence-electron chi connectivity index (χ0n) is 9.65. The van der Waals surface area contributed by atoms with E-state index in [2.05, 4.69) is 13.8 Å². The van der Waals surface area contributed by atoms with Gasteiger partial charge in [0.05, 0.1) is 0 Å². The molecule has 0 atom stereocenters. The second kappa shape index (κ2) is 15.0. The van der Waals surface area contributed by atoms with Gasteiger partial charge in [-0.15, -0.1) is 0 Å². The number of carbonyl (C=O) groups excluding carboxylic acids is 1. The van der Waals surface area contributed by atoms with Crippen LogP contribution in [0.25, 0.3) is 0 Å². The van der Waals surface area contributed by atoms with Gasteiger partial charge in [0, 0.05) is 0 Å². The van der Waals surface area contributed by atoms with Crippen LogP contribution < -0.4 is 0 Å². The van der Waals surface area contributed by atoms with E-state index in [1.54, 1.807) is 8.87 Å². The Morgan fingerprint density at radius 3 is 1.54 bits per heavy atom. The number of rotatable bonds is 6. The molecule has 2 heteroatoms. The van der Waals surface area contributed by atoms with Gasteiger partial charge in [0.25, 0.3) is 0 Å². The summed E-state index contributed by atoms with van der Waals surface area (Å²) in [5, 5.41) is 0. The fourth-order valence-corrected chi connectivity index (χ4v) is 4.89. The van der Waals surface area contributed by atoms with Crippen LogP contribution >= 0.6 is 0 Å². The molecule has 0 bridgehead atoms. The van der Waals surface area contributed by atoms with Gasteiger partial charge in [-0.05, 0) is 13.8 Å². The standard InChI is InChI=1S/2C4H9.C3H6O.Sn/c2*1-3-4-2;1-3(2)4;/h2*1,3-4H2,2H3;1-2H3;. The molecule has 1 nitrogen and oxygen atoms in total. The van der Waals surface area contributed by atoms with Gasteiger partial charge < -0.3 is 4.79 Å². The van der Waals surface area contributed by atoms with Gasteiger partial charge >= 0.3 is 69.5 Å². The Kier molecular flexibility index (Phi) is 18.3. The monoisotopic (exact) mass is 292 g/mol. The molecule has 0 aliphatic heterocycles. The van der Waals surface area contributed by atoms with E-state index in [0.717, 1.165) is 0 Å². The second-order valence-electron chi connectivity index (χ2n) is 3.37. The first-order valence-electron chi connectivity index (χ1n) is 5.33. The van der Waals surface area contributed by atoms with E-state index < -0.39 is 0 Å². The summed E-state index contributed by atoms with van der Waals surface area (Å²) in [6, 6.07) is 0. The summed E-state index contributed by atoms with van der Waals surface area (Å²) in [4.78, 5) is 9.44. The van der Waals surface area contributed by atoms with Crippen molar-refractivity contribution in [1.29, 1.82) is 0 Å². The number of hydrogen-bond acceptors (Lipinski definition) is 1. The van der Waals surface area contributed by atoms with Crippen molar-refractivity contribution in [2.75, 3.05) is 0 Å². The third-order valence-corrected chi connectivity index (χ3v) is 5.45. The van der Waals surface area contributed by atoms with Crippen molar-refractivity contribution in [3.8, 4) is 0 Å². The van der Waals surface area contributed by atoms with E-state index in [1.807, 2.05) is 0 Å². The molecular weight excluding hydrogens is 267 g/mol. The SMILES string of the molecule is CC(C)=O.CCC[CH2][Sn][CH2]CCC. The van der Waals surface area contributed by atoms with E-state index in [0.29, 0.717) is 0 Å². The summed E-state index contributed by atoms with van der Waals surface area (Å²) in [7, 11) is 0. The van der Waals surface area contributed by atoms with Crippen LogP contribution in [0.1, 0.15) is 53.4 Å². The van der Waals surface area contributed by atoms with Gasteiger partial charge in [-0.3, -0.25) is 0 Å². The van der Waals surface area contributed by atoms with Crippen LogP contribution in [0.2, 0.25) is 8.87 Å². The Morgan fingerprint density at radius 1 is 1.00 bits per heavy atom. The summed E-state index contributed by atoms with van der Waals surface area (Å²) in [5.74, 6) is 0.167. The number of carbonyl (C=O) groups is 1. The summed E-state index contributed by atoms with van der Waals surface area (Å²) >= 11 is 0.149. The molecule has 0 saturated heterocycles. The van der Waals surface area contributed by atoms with Gasteiger partial charge in [0.2, 0.25) is 0 Å². The molecule has 0 spiro atoms. The molecule has 0 aromatic heterocycles. The fourth-order valence-electron chi connectivity index (χ4n) is 0.729. The molecule has 0 heterocycles. The summed E-state index contributed by atoms with van der Waals surface area (Å²) in [6.07, 6.45) is 5.84. The van der Waals surface area contributed by atoms with Crippen molar-refractivity contribution in [2.24, 2.45) is 0 Å². The first-order chi connectivity index (χ1) is 6.15. The number of Topliss-reactive ketones (excluding diaryl/α,β-unsaturated/α-hetero) is 1. The van der Waals surface area contributed by atoms with Crippen LogP contribution in [0.15, 0.2) is 0 Å². The van der Waals surface area contributed by atoms with Crippen molar-refractivity contribution in [2.45, 2.75) is 62.3 Å². The van der Waals surface area contributed by atoms with Gasteiger partial charge in [-0.25, -0.2) is 0 Å². The molecule has 0 saturated carbocycles. The maximum absolute atomic E-state index is 9.44. The van der Waals surface area contributed by atoms with Crippen LogP contribution in [-0.2, 0) is 4.79 Å². The quantitative estimate of drug-likeness (QED) is 0.538. The van der Waals surface area contributed by atoms with Crippen molar-refractivity contribution in [3.05, 3.63) is 0 Å². The van der Waals surface area contributed by atoms with E-state index in [1.165, 1.54) is 39.5 Å². The fraction of sp³-hybridized carbons (Fsp3) is 0.909. The number of unbranched alkanes of at least 4 members (excludes halogenated alkanes) is 2. The molecule has 2 radical (unpaired) electrons. The van der Waals surface area contributed by atoms with Crippen molar-refractivity contribution in [3.63, 3.8) is 0 Å². The zero-order valence-corrected chi connectivity index (χ0v) is 12.5. The molecular formula is C11H24OSn. The minimum atomic E-state index is 0.149. The summed E-state index contributed by atoms with van der Waals surface area (Å²) in [6.45, 7) is 7.64. The molecule has 0 rings (SSSR count). The van der Waals surface area contributed by atoms with Crippen LogP contribution in [0.3, 0.4) is 0 Å². The van der Waals surface area contributed by atoms with Crippen molar-refractivity contribution >= 4 is 26.9 Å². The maximum atomic E-state index is 9.44. The number of ketones is 1. The van der Waals surface area contributed by atoms with Crippen LogP contribution in [0.4, 0.5) is 0 Å². The van der Waals surface area contributed by atoms with Crippen molar-refractivity contribution in [1.82, 2.24) is 0 Å². The molecule has 0 aliphatic carbocycles. The Balaban J connectivity index is 0. The van der Waals surface area contributed by atoms with E-state index >= 15 is 0 Å². The third kappa shape index (κ3) is 32.7. The Hall–Kier alpha value is 0.469. The second-order valence-corrected chi connectivity index (χ2v) is 7.65. The van der Waals surface area contributed by atoms with Gasteiger partial charge in [-0.1, -0.05) is 0 Å². The topological polar surface area (TPSA) is 17.1 Å². The third-order valence-electron chi connectivity index (χ3n) is 1.41. The predicted octanol–water partition coefficient (Wildman–Crippen LogP) is 3.72. The Bertz CT molecular complexity index is 92.3. The molecule has 13 heavy (non-hydrogen) atoms. The van der Waals surface area contributed by atoms with E-state index in [9.17, 15) is 4.79 Å². The van der Waals surface area contributed by atoms with Crippen LogP contribution in [-0.4, -0.2) is 26.9 Å². The van der Waals surface area contributed by atoms with Gasteiger partial charge in [-0.2, -0.15) is 0 Å². The van der Waals surface area contributed by atoms with Crippen LogP contribution in [0, 0.1) is 0 Å². The van der Waals surface area contributed by atoms with E-state index in [-0.39, 0.29) is 26.9 Å². The predicted molar refractivity (Wildman–Crippen MR) is 61.5 cm³/mol. The average Bonchev–Trinajstić information content (AvgIpc) is 2.03. The summed E-state index contributed by atoms with van der Waals surface area (Å²) in [5.41, 5.74) is 0. The minimum absolute atomic E-state index is 0.149. The average molecular weight is 291 g/mol. The molecule has 0 aromatic carbocycles. The Morgan fingerprint density at radius 2 is 1.31 bits per heavy atom. The van der Waals surface area contributed by atoms with Crippen molar-refractivity contribution < 1.29 is 4.79 Å². The zero-order chi connectivity index (χ0) is 10.5. The normalized spacial score (nSPS) is 8.92. The molecule has 0 amide bonds.